The average Bonchev–Trinajstić information content (AvgIpc) is 3.19. The van der Waals surface area contributed by atoms with Crippen LogP contribution < -0.4 is 5.56 Å². The van der Waals surface area contributed by atoms with Gasteiger partial charge in [-0.05, 0) is 54.7 Å². The van der Waals surface area contributed by atoms with E-state index in [0.29, 0.717) is 23.2 Å². The summed E-state index contributed by atoms with van der Waals surface area (Å²) < 4.78 is 6.86. The van der Waals surface area contributed by atoms with E-state index in [1.807, 2.05) is 26.2 Å². The average molecular weight is 425 g/mol. The maximum absolute atomic E-state index is 13.4. The number of nitrogens with zero attached hydrogens (tertiary/aromatic N) is 2. The predicted molar refractivity (Wildman–Crippen MR) is 121 cm³/mol. The van der Waals surface area contributed by atoms with Crippen LogP contribution in [-0.4, -0.2) is 22.1 Å². The standard InChI is InChI=1S/C24H28N2O3S/c1-4-20(24(28)29-12-15(2)3)26-14-25-22-21(23(26)27)19(13-30-22)18-10-9-16-7-5-6-8-17(16)11-18/h9-11,13-15,20H,4-8,12H2,1-3H3. The molecule has 0 saturated carbocycles. The molecule has 1 aliphatic carbocycles. The van der Waals surface area contributed by atoms with E-state index in [2.05, 4.69) is 23.2 Å². The first-order chi connectivity index (χ1) is 14.5. The Morgan fingerprint density at radius 3 is 2.73 bits per heavy atom. The Morgan fingerprint density at radius 1 is 1.23 bits per heavy atom. The second-order valence-corrected chi connectivity index (χ2v) is 9.28. The largest absolute Gasteiger partial charge is 0.464 e. The molecule has 0 spiro atoms. The summed E-state index contributed by atoms with van der Waals surface area (Å²) >= 11 is 1.47. The molecule has 30 heavy (non-hydrogen) atoms. The van der Waals surface area contributed by atoms with E-state index in [1.165, 1.54) is 46.2 Å². The Bertz CT molecular complexity index is 1130. The van der Waals surface area contributed by atoms with Gasteiger partial charge in [-0.2, -0.15) is 0 Å². The highest BCUT2D eigenvalue weighted by Crippen LogP contribution is 2.33. The summed E-state index contributed by atoms with van der Waals surface area (Å²) in [4.78, 5) is 31.3. The van der Waals surface area contributed by atoms with Crippen LogP contribution in [0.5, 0.6) is 0 Å². The summed E-state index contributed by atoms with van der Waals surface area (Å²) in [6.07, 6.45) is 6.64. The summed E-state index contributed by atoms with van der Waals surface area (Å²) in [5.74, 6) is -0.128. The lowest BCUT2D eigenvalue weighted by Gasteiger charge is -2.18. The van der Waals surface area contributed by atoms with Gasteiger partial charge in [-0.1, -0.05) is 39.0 Å². The molecule has 158 valence electrons. The van der Waals surface area contributed by atoms with Crippen LogP contribution in [0.25, 0.3) is 21.3 Å². The zero-order valence-electron chi connectivity index (χ0n) is 17.8. The molecule has 1 aromatic carbocycles. The van der Waals surface area contributed by atoms with Crippen LogP contribution in [0.3, 0.4) is 0 Å². The molecule has 0 aliphatic heterocycles. The van der Waals surface area contributed by atoms with Crippen molar-refractivity contribution in [1.29, 1.82) is 0 Å². The van der Waals surface area contributed by atoms with Gasteiger partial charge in [0.15, 0.2) is 0 Å². The third kappa shape index (κ3) is 3.93. The van der Waals surface area contributed by atoms with Crippen LogP contribution in [0.1, 0.15) is 57.2 Å². The second-order valence-electron chi connectivity index (χ2n) is 8.43. The third-order valence-electron chi connectivity index (χ3n) is 5.73. The van der Waals surface area contributed by atoms with Crippen molar-refractivity contribution in [2.24, 2.45) is 5.92 Å². The number of esters is 1. The molecule has 0 saturated heterocycles. The molecule has 5 nitrogen and oxygen atoms in total. The maximum atomic E-state index is 13.4. The van der Waals surface area contributed by atoms with Crippen molar-refractivity contribution in [3.63, 3.8) is 0 Å². The fourth-order valence-corrected chi connectivity index (χ4v) is 5.01. The highest BCUT2D eigenvalue weighted by molar-refractivity contribution is 7.17. The number of ether oxygens (including phenoxy) is 1. The second kappa shape index (κ2) is 8.72. The first kappa shape index (κ1) is 20.8. The number of carbonyl (C=O) groups is 1. The van der Waals surface area contributed by atoms with E-state index in [1.54, 1.807) is 0 Å². The lowest BCUT2D eigenvalue weighted by atomic mass is 9.89. The van der Waals surface area contributed by atoms with Crippen molar-refractivity contribution in [1.82, 2.24) is 9.55 Å². The molecular formula is C24H28N2O3S. The van der Waals surface area contributed by atoms with Gasteiger partial charge >= 0.3 is 5.97 Å². The maximum Gasteiger partial charge on any atom is 0.329 e. The van der Waals surface area contributed by atoms with E-state index in [4.69, 9.17) is 4.74 Å². The lowest BCUT2D eigenvalue weighted by Crippen LogP contribution is -2.31. The van der Waals surface area contributed by atoms with E-state index < -0.39 is 6.04 Å². The van der Waals surface area contributed by atoms with Crippen molar-refractivity contribution in [2.75, 3.05) is 6.61 Å². The van der Waals surface area contributed by atoms with Gasteiger partial charge < -0.3 is 4.74 Å². The molecule has 2 heterocycles. The van der Waals surface area contributed by atoms with Crippen LogP contribution in [0.4, 0.5) is 0 Å². The van der Waals surface area contributed by atoms with Gasteiger partial charge in [-0.25, -0.2) is 9.78 Å². The van der Waals surface area contributed by atoms with Crippen LogP contribution >= 0.6 is 11.3 Å². The number of rotatable bonds is 6. The highest BCUT2D eigenvalue weighted by atomic mass is 32.1. The van der Waals surface area contributed by atoms with E-state index in [-0.39, 0.29) is 17.4 Å². The summed E-state index contributed by atoms with van der Waals surface area (Å²) in [5, 5.41) is 2.60. The van der Waals surface area contributed by atoms with E-state index in [9.17, 15) is 9.59 Å². The molecule has 2 aromatic heterocycles. The zero-order valence-corrected chi connectivity index (χ0v) is 18.6. The van der Waals surface area contributed by atoms with Crippen LogP contribution in [0.15, 0.2) is 34.7 Å². The first-order valence-corrected chi connectivity index (χ1v) is 11.6. The molecule has 0 radical (unpaired) electrons. The number of fused-ring (bicyclic) bond motifs is 2. The molecule has 1 atom stereocenters. The van der Waals surface area contributed by atoms with Gasteiger partial charge in [0.25, 0.3) is 5.56 Å². The van der Waals surface area contributed by atoms with Gasteiger partial charge in [0.2, 0.25) is 0 Å². The Balaban J connectivity index is 1.76. The molecule has 1 aliphatic rings. The minimum atomic E-state index is -0.663. The quantitative estimate of drug-likeness (QED) is 0.513. The predicted octanol–water partition coefficient (Wildman–Crippen LogP) is 5.15. The third-order valence-corrected chi connectivity index (χ3v) is 6.62. The fourth-order valence-electron chi connectivity index (χ4n) is 4.10. The van der Waals surface area contributed by atoms with Crippen molar-refractivity contribution in [3.8, 4) is 11.1 Å². The number of aromatic nitrogens is 2. The number of aryl methyl sites for hydroxylation is 2. The Kier molecular flexibility index (Phi) is 6.04. The summed E-state index contributed by atoms with van der Waals surface area (Å²) in [7, 11) is 0. The minimum Gasteiger partial charge on any atom is -0.464 e. The van der Waals surface area contributed by atoms with Crippen LogP contribution in [-0.2, 0) is 22.4 Å². The number of hydrogen-bond donors (Lipinski definition) is 0. The first-order valence-electron chi connectivity index (χ1n) is 10.8. The Hall–Kier alpha value is -2.47. The fraction of sp³-hybridized carbons (Fsp3) is 0.458. The number of carbonyl (C=O) groups excluding carboxylic acids is 1. The van der Waals surface area contributed by atoms with E-state index >= 15 is 0 Å². The molecule has 3 aromatic rings. The van der Waals surface area contributed by atoms with Crippen LogP contribution in [0.2, 0.25) is 0 Å². The summed E-state index contributed by atoms with van der Waals surface area (Å²) in [6, 6.07) is 5.86. The Labute approximate surface area is 180 Å². The molecule has 0 amide bonds. The van der Waals surface area contributed by atoms with Gasteiger partial charge in [0.05, 0.1) is 18.3 Å². The van der Waals surface area contributed by atoms with Crippen molar-refractivity contribution >= 4 is 27.5 Å². The minimum absolute atomic E-state index is 0.178. The molecule has 4 rings (SSSR count). The van der Waals surface area contributed by atoms with Gasteiger partial charge in [0.1, 0.15) is 10.9 Å². The number of thiophene rings is 1. The molecule has 0 N–H and O–H groups in total. The smallest absolute Gasteiger partial charge is 0.329 e. The van der Waals surface area contributed by atoms with Crippen molar-refractivity contribution < 1.29 is 9.53 Å². The lowest BCUT2D eigenvalue weighted by molar-refractivity contribution is -0.149. The van der Waals surface area contributed by atoms with Gasteiger partial charge in [-0.3, -0.25) is 9.36 Å². The monoisotopic (exact) mass is 424 g/mol. The Morgan fingerprint density at radius 2 is 2.00 bits per heavy atom. The van der Waals surface area contributed by atoms with Crippen molar-refractivity contribution in [2.45, 2.75) is 58.9 Å². The molecule has 6 heteroatoms. The van der Waals surface area contributed by atoms with Crippen LogP contribution in [0, 0.1) is 5.92 Å². The SMILES string of the molecule is CCC(C(=O)OCC(C)C)n1cnc2scc(-c3ccc4c(c3)CCCC4)c2c1=O. The molecule has 0 bridgehead atoms. The van der Waals surface area contributed by atoms with Gasteiger partial charge in [-0.15, -0.1) is 11.3 Å². The molecule has 1 unspecified atom stereocenters. The normalized spacial score (nSPS) is 14.7. The topological polar surface area (TPSA) is 61.2 Å². The zero-order chi connectivity index (χ0) is 21.3. The van der Waals surface area contributed by atoms with Gasteiger partial charge in [0, 0.05) is 10.9 Å². The summed E-state index contributed by atoms with van der Waals surface area (Å²) in [5.41, 5.74) is 4.57. The number of hydrogen-bond acceptors (Lipinski definition) is 5. The number of benzene rings is 1. The molecule has 0 fully saturated rings. The van der Waals surface area contributed by atoms with E-state index in [0.717, 1.165) is 24.0 Å². The summed E-state index contributed by atoms with van der Waals surface area (Å²) in [6.45, 7) is 6.21. The molecular weight excluding hydrogens is 396 g/mol. The van der Waals surface area contributed by atoms with Crippen molar-refractivity contribution in [3.05, 3.63) is 51.4 Å². The highest BCUT2D eigenvalue weighted by Gasteiger charge is 2.24.